The summed E-state index contributed by atoms with van der Waals surface area (Å²) in [5.41, 5.74) is 15.2. The second-order valence-electron chi connectivity index (χ2n) is 16.4. The van der Waals surface area contributed by atoms with E-state index in [1.165, 1.54) is 53.2 Å². The van der Waals surface area contributed by atoms with Crippen molar-refractivity contribution >= 4 is 92.3 Å². The molecule has 0 fully saturated rings. The van der Waals surface area contributed by atoms with Crippen molar-refractivity contribution in [2.75, 3.05) is 4.90 Å². The molecule has 3 heterocycles. The van der Waals surface area contributed by atoms with Crippen LogP contribution in [0, 0.1) is 0 Å². The van der Waals surface area contributed by atoms with Crippen LogP contribution in [0.15, 0.2) is 235 Å². The molecule has 64 heavy (non-hydrogen) atoms. The van der Waals surface area contributed by atoms with Gasteiger partial charge in [0.1, 0.15) is 11.2 Å². The number of para-hydroxylation sites is 5. The number of benzene rings is 10. The van der Waals surface area contributed by atoms with Gasteiger partial charge < -0.3 is 13.9 Å². The van der Waals surface area contributed by atoms with E-state index in [-0.39, 0.29) is 0 Å². The minimum atomic E-state index is 0.878. The van der Waals surface area contributed by atoms with Crippen LogP contribution in [0.4, 0.5) is 17.1 Å². The van der Waals surface area contributed by atoms with Crippen LogP contribution in [-0.2, 0) is 0 Å². The Kier molecular flexibility index (Phi) is 8.40. The Morgan fingerprint density at radius 2 is 1.03 bits per heavy atom. The van der Waals surface area contributed by atoms with Crippen molar-refractivity contribution in [3.8, 4) is 39.1 Å². The highest BCUT2D eigenvalue weighted by molar-refractivity contribution is 7.26. The average Bonchev–Trinajstić information content (AvgIpc) is 4.04. The van der Waals surface area contributed by atoms with Crippen LogP contribution in [0.25, 0.3) is 103 Å². The van der Waals surface area contributed by atoms with Crippen LogP contribution in [0.3, 0.4) is 0 Å². The summed E-state index contributed by atoms with van der Waals surface area (Å²) in [5.74, 6) is 0. The number of aromatic nitrogens is 1. The van der Waals surface area contributed by atoms with Gasteiger partial charge in [-0.2, -0.15) is 0 Å². The van der Waals surface area contributed by atoms with Gasteiger partial charge in [0.15, 0.2) is 0 Å². The van der Waals surface area contributed by atoms with Crippen LogP contribution >= 0.6 is 11.3 Å². The van der Waals surface area contributed by atoms with E-state index >= 15 is 0 Å². The zero-order chi connectivity index (χ0) is 42.1. The van der Waals surface area contributed by atoms with Crippen LogP contribution in [0.2, 0.25) is 0 Å². The van der Waals surface area contributed by atoms with Crippen molar-refractivity contribution in [3.05, 3.63) is 231 Å². The van der Waals surface area contributed by atoms with E-state index in [1.54, 1.807) is 0 Å². The van der Waals surface area contributed by atoms with Gasteiger partial charge in [0.25, 0.3) is 0 Å². The molecule has 0 N–H and O–H groups in total. The molecule has 0 amide bonds. The summed E-state index contributed by atoms with van der Waals surface area (Å²) in [5, 5.41) is 7.21. The van der Waals surface area contributed by atoms with E-state index in [9.17, 15) is 0 Å². The summed E-state index contributed by atoms with van der Waals surface area (Å²) in [7, 11) is 0. The predicted molar refractivity (Wildman–Crippen MR) is 272 cm³/mol. The Morgan fingerprint density at radius 3 is 1.91 bits per heavy atom. The molecule has 4 heteroatoms. The first-order chi connectivity index (χ1) is 31.8. The van der Waals surface area contributed by atoms with E-state index in [0.29, 0.717) is 0 Å². The lowest BCUT2D eigenvalue weighted by molar-refractivity contribution is 0.670. The maximum atomic E-state index is 6.82. The highest BCUT2D eigenvalue weighted by Gasteiger charge is 2.24. The van der Waals surface area contributed by atoms with Crippen LogP contribution in [0.1, 0.15) is 0 Å². The molecule has 0 saturated heterocycles. The van der Waals surface area contributed by atoms with Gasteiger partial charge in [-0.05, 0) is 77.4 Å². The summed E-state index contributed by atoms with van der Waals surface area (Å²) >= 11 is 1.86. The lowest BCUT2D eigenvalue weighted by atomic mass is 9.94. The van der Waals surface area contributed by atoms with E-state index in [0.717, 1.165) is 66.9 Å². The Bertz CT molecular complexity index is 3910. The maximum absolute atomic E-state index is 6.82. The van der Waals surface area contributed by atoms with Gasteiger partial charge in [0.2, 0.25) is 0 Å². The number of thiophene rings is 1. The molecule has 13 aromatic rings. The van der Waals surface area contributed by atoms with Crippen molar-refractivity contribution in [1.29, 1.82) is 0 Å². The van der Waals surface area contributed by atoms with E-state index in [2.05, 4.69) is 234 Å². The minimum Gasteiger partial charge on any atom is -0.455 e. The molecule has 0 aliphatic heterocycles. The molecule has 0 radical (unpaired) electrons. The number of nitrogens with zero attached hydrogens (tertiary/aromatic N) is 2. The van der Waals surface area contributed by atoms with Crippen LogP contribution in [-0.4, -0.2) is 4.57 Å². The largest absolute Gasteiger partial charge is 0.455 e. The molecule has 13 rings (SSSR count). The second kappa shape index (κ2) is 14.7. The summed E-state index contributed by atoms with van der Waals surface area (Å²) < 4.78 is 11.9. The lowest BCUT2D eigenvalue weighted by Gasteiger charge is -2.28. The van der Waals surface area contributed by atoms with E-state index in [1.807, 2.05) is 17.4 Å². The molecule has 3 aromatic heterocycles. The molecule has 0 saturated carbocycles. The van der Waals surface area contributed by atoms with Gasteiger partial charge in [-0.3, -0.25) is 0 Å². The average molecular weight is 835 g/mol. The smallest absolute Gasteiger partial charge is 0.143 e. The summed E-state index contributed by atoms with van der Waals surface area (Å²) in [6, 6.07) is 83.4. The Hall–Kier alpha value is -8.18. The van der Waals surface area contributed by atoms with Crippen molar-refractivity contribution < 1.29 is 4.42 Å². The van der Waals surface area contributed by atoms with Gasteiger partial charge in [-0.15, -0.1) is 11.3 Å². The van der Waals surface area contributed by atoms with Gasteiger partial charge in [0, 0.05) is 69.8 Å². The molecule has 0 aliphatic carbocycles. The SMILES string of the molecule is c1ccc(-c2ccccc2-n2c3ccccc3c3ccc(N(c4ccccc4)c4ccc(-c5cccc6c5sc5ccccc56)cc4-c4cccc5c4oc4ccccc45)cc32)cc1. The molecule has 0 bridgehead atoms. The topological polar surface area (TPSA) is 21.3 Å². The first-order valence-corrected chi connectivity index (χ1v) is 22.6. The number of fused-ring (bicyclic) bond motifs is 9. The third-order valence-corrected chi connectivity index (χ3v) is 14.0. The normalized spacial score (nSPS) is 11.8. The molecule has 10 aromatic carbocycles. The number of hydrogen-bond donors (Lipinski definition) is 0. The van der Waals surface area contributed by atoms with E-state index in [4.69, 9.17) is 4.42 Å². The molecular formula is C60H38N2OS. The zero-order valence-corrected chi connectivity index (χ0v) is 35.5. The van der Waals surface area contributed by atoms with Crippen molar-refractivity contribution in [2.24, 2.45) is 0 Å². The van der Waals surface area contributed by atoms with Crippen LogP contribution < -0.4 is 4.90 Å². The molecule has 300 valence electrons. The summed E-state index contributed by atoms with van der Waals surface area (Å²) in [6.07, 6.45) is 0. The summed E-state index contributed by atoms with van der Waals surface area (Å²) in [4.78, 5) is 2.42. The summed E-state index contributed by atoms with van der Waals surface area (Å²) in [6.45, 7) is 0. The Balaban J connectivity index is 1.09. The van der Waals surface area contributed by atoms with Crippen molar-refractivity contribution in [2.45, 2.75) is 0 Å². The maximum Gasteiger partial charge on any atom is 0.143 e. The molecule has 0 spiro atoms. The fraction of sp³-hybridized carbons (Fsp3) is 0. The number of hydrogen-bond acceptors (Lipinski definition) is 3. The first kappa shape index (κ1) is 36.5. The molecule has 3 nitrogen and oxygen atoms in total. The van der Waals surface area contributed by atoms with Gasteiger partial charge >= 0.3 is 0 Å². The first-order valence-electron chi connectivity index (χ1n) is 21.8. The second-order valence-corrected chi connectivity index (χ2v) is 17.5. The molecule has 0 aliphatic rings. The third-order valence-electron chi connectivity index (χ3n) is 12.8. The van der Waals surface area contributed by atoms with Gasteiger partial charge in [-0.1, -0.05) is 170 Å². The standard InChI is InChI=1S/C60H38N2OS/c1-3-17-39(18-4-1)43-21-7-11-29-53(43)62-54-30-12-8-22-45(54)46-35-34-42(38-56(46)62)61(41-19-5-2-6-20-41)55-36-33-40(44-25-15-28-51-48-24-10-14-32-58(48)64-60(44)51)37-52(55)50-27-16-26-49-47-23-9-13-31-57(47)63-59(49)50/h1-38H. The highest BCUT2D eigenvalue weighted by atomic mass is 32.1. The minimum absolute atomic E-state index is 0.878. The zero-order valence-electron chi connectivity index (χ0n) is 34.7. The number of rotatable bonds is 7. The van der Waals surface area contributed by atoms with Crippen molar-refractivity contribution in [3.63, 3.8) is 0 Å². The molecule has 0 atom stereocenters. The fourth-order valence-corrected chi connectivity index (χ4v) is 11.2. The Morgan fingerprint density at radius 1 is 0.375 bits per heavy atom. The molecular weight excluding hydrogens is 797 g/mol. The fourth-order valence-electron chi connectivity index (χ4n) is 9.94. The number of anilines is 3. The molecule has 0 unspecified atom stereocenters. The van der Waals surface area contributed by atoms with Gasteiger partial charge in [-0.25, -0.2) is 0 Å². The third kappa shape index (κ3) is 5.73. The van der Waals surface area contributed by atoms with E-state index < -0.39 is 0 Å². The van der Waals surface area contributed by atoms with Crippen LogP contribution in [0.5, 0.6) is 0 Å². The Labute approximate surface area is 373 Å². The quantitative estimate of drug-likeness (QED) is 0.159. The number of furan rings is 1. The van der Waals surface area contributed by atoms with Crippen molar-refractivity contribution in [1.82, 2.24) is 4.57 Å². The highest BCUT2D eigenvalue weighted by Crippen LogP contribution is 2.48. The monoisotopic (exact) mass is 834 g/mol. The predicted octanol–water partition coefficient (Wildman–Crippen LogP) is 17.5. The lowest BCUT2D eigenvalue weighted by Crippen LogP contribution is -2.11. The van der Waals surface area contributed by atoms with Gasteiger partial charge in [0.05, 0.1) is 22.4 Å².